The van der Waals surface area contributed by atoms with Gasteiger partial charge in [0.1, 0.15) is 0 Å². The molecule has 0 bridgehead atoms. The zero-order valence-electron chi connectivity index (χ0n) is 11.7. The predicted molar refractivity (Wildman–Crippen MR) is 80.0 cm³/mol. The van der Waals surface area contributed by atoms with Crippen LogP contribution in [0, 0.1) is 10.1 Å². The van der Waals surface area contributed by atoms with Gasteiger partial charge in [-0.2, -0.15) is 0 Å². The van der Waals surface area contributed by atoms with Crippen LogP contribution < -0.4 is 10.6 Å². The van der Waals surface area contributed by atoms with Crippen molar-refractivity contribution in [1.29, 1.82) is 0 Å². The topological polar surface area (TPSA) is 75.6 Å². The number of piperazine rings is 1. The van der Waals surface area contributed by atoms with Gasteiger partial charge in [-0.1, -0.05) is 0 Å². The molecule has 0 spiro atoms. The molecule has 0 radical (unpaired) electrons. The van der Waals surface area contributed by atoms with Crippen LogP contribution in [-0.2, 0) is 0 Å². The normalized spacial score (nSPS) is 16.4. The molecule has 0 aliphatic carbocycles. The molecule has 110 valence electrons. The Balaban J connectivity index is 1.82. The van der Waals surface area contributed by atoms with E-state index in [2.05, 4.69) is 9.80 Å². The highest BCUT2D eigenvalue weighted by Gasteiger charge is 2.17. The van der Waals surface area contributed by atoms with Crippen LogP contribution in [0.3, 0.4) is 0 Å². The van der Waals surface area contributed by atoms with Crippen LogP contribution in [0.1, 0.15) is 12.8 Å². The van der Waals surface area contributed by atoms with Gasteiger partial charge >= 0.3 is 0 Å². The standard InChI is InChI=1S/C14H22N4O2/c15-7-1-2-8-16-9-11-17(12-10-16)13-3-5-14(6-4-13)18(19)20/h3-6H,1-2,7-12,15H2. The summed E-state index contributed by atoms with van der Waals surface area (Å²) in [5.41, 5.74) is 6.72. The molecule has 0 atom stereocenters. The first-order valence-electron chi connectivity index (χ1n) is 7.12. The van der Waals surface area contributed by atoms with Gasteiger partial charge in [0.2, 0.25) is 0 Å². The summed E-state index contributed by atoms with van der Waals surface area (Å²) in [5.74, 6) is 0. The second kappa shape index (κ2) is 7.21. The molecule has 6 nitrogen and oxygen atoms in total. The lowest BCUT2D eigenvalue weighted by Crippen LogP contribution is -2.46. The Labute approximate surface area is 119 Å². The Hall–Kier alpha value is -1.66. The third-order valence-corrected chi connectivity index (χ3v) is 3.73. The Bertz CT molecular complexity index is 427. The van der Waals surface area contributed by atoms with Gasteiger partial charge in [0.25, 0.3) is 5.69 Å². The van der Waals surface area contributed by atoms with Crippen molar-refractivity contribution in [2.75, 3.05) is 44.2 Å². The van der Waals surface area contributed by atoms with Crippen molar-refractivity contribution in [3.05, 3.63) is 34.4 Å². The second-order valence-electron chi connectivity index (χ2n) is 5.10. The number of rotatable bonds is 6. The van der Waals surface area contributed by atoms with Crippen LogP contribution in [0.25, 0.3) is 0 Å². The zero-order chi connectivity index (χ0) is 14.4. The van der Waals surface area contributed by atoms with Gasteiger partial charge < -0.3 is 10.6 Å². The summed E-state index contributed by atoms with van der Waals surface area (Å²) >= 11 is 0. The molecule has 1 heterocycles. The third-order valence-electron chi connectivity index (χ3n) is 3.73. The maximum atomic E-state index is 10.6. The second-order valence-corrected chi connectivity index (χ2v) is 5.10. The average Bonchev–Trinajstić information content (AvgIpc) is 2.48. The molecule has 1 aliphatic rings. The van der Waals surface area contributed by atoms with Crippen LogP contribution in [0.2, 0.25) is 0 Å². The average molecular weight is 278 g/mol. The molecule has 0 amide bonds. The van der Waals surface area contributed by atoms with Gasteiger partial charge in [-0.15, -0.1) is 0 Å². The molecule has 6 heteroatoms. The van der Waals surface area contributed by atoms with Crippen molar-refractivity contribution in [3.63, 3.8) is 0 Å². The lowest BCUT2D eigenvalue weighted by molar-refractivity contribution is -0.384. The lowest BCUT2D eigenvalue weighted by Gasteiger charge is -2.36. The van der Waals surface area contributed by atoms with Gasteiger partial charge in [-0.25, -0.2) is 0 Å². The quantitative estimate of drug-likeness (QED) is 0.484. The Morgan fingerprint density at radius 1 is 1.10 bits per heavy atom. The fraction of sp³-hybridized carbons (Fsp3) is 0.571. The number of nitro benzene ring substituents is 1. The fourth-order valence-corrected chi connectivity index (χ4v) is 2.49. The smallest absolute Gasteiger partial charge is 0.269 e. The minimum Gasteiger partial charge on any atom is -0.369 e. The van der Waals surface area contributed by atoms with E-state index in [-0.39, 0.29) is 10.6 Å². The number of nitrogens with zero attached hydrogens (tertiary/aromatic N) is 3. The molecular weight excluding hydrogens is 256 g/mol. The molecule has 0 saturated carbocycles. The zero-order valence-corrected chi connectivity index (χ0v) is 11.7. The van der Waals surface area contributed by atoms with Crippen LogP contribution in [0.15, 0.2) is 24.3 Å². The Morgan fingerprint density at radius 3 is 2.30 bits per heavy atom. The van der Waals surface area contributed by atoms with Crippen LogP contribution in [0.4, 0.5) is 11.4 Å². The summed E-state index contributed by atoms with van der Waals surface area (Å²) in [5, 5.41) is 10.6. The van der Waals surface area contributed by atoms with Crippen LogP contribution >= 0.6 is 0 Å². The molecule has 1 aromatic rings. The van der Waals surface area contributed by atoms with Crippen molar-refractivity contribution in [2.45, 2.75) is 12.8 Å². The number of anilines is 1. The molecule has 20 heavy (non-hydrogen) atoms. The van der Waals surface area contributed by atoms with Gasteiger partial charge in [-0.05, 0) is 38.1 Å². The van der Waals surface area contributed by atoms with Gasteiger partial charge in [0, 0.05) is 44.0 Å². The summed E-state index contributed by atoms with van der Waals surface area (Å²) in [6.45, 7) is 5.91. The highest BCUT2D eigenvalue weighted by atomic mass is 16.6. The number of unbranched alkanes of at least 4 members (excludes halogenated alkanes) is 1. The Morgan fingerprint density at radius 2 is 1.75 bits per heavy atom. The maximum Gasteiger partial charge on any atom is 0.269 e. The van der Waals surface area contributed by atoms with Crippen LogP contribution in [0.5, 0.6) is 0 Å². The highest BCUT2D eigenvalue weighted by Crippen LogP contribution is 2.20. The van der Waals surface area contributed by atoms with E-state index in [1.165, 1.54) is 0 Å². The monoisotopic (exact) mass is 278 g/mol. The first kappa shape index (κ1) is 14.7. The van der Waals surface area contributed by atoms with Crippen molar-refractivity contribution in [2.24, 2.45) is 5.73 Å². The molecule has 0 aromatic heterocycles. The largest absolute Gasteiger partial charge is 0.369 e. The minimum atomic E-state index is -0.362. The highest BCUT2D eigenvalue weighted by molar-refractivity contribution is 5.51. The molecule has 2 rings (SSSR count). The molecule has 1 aromatic carbocycles. The van der Waals surface area contributed by atoms with Gasteiger partial charge in [0.15, 0.2) is 0 Å². The summed E-state index contributed by atoms with van der Waals surface area (Å²) in [4.78, 5) is 15.0. The number of nitrogens with two attached hydrogens (primary N) is 1. The summed E-state index contributed by atoms with van der Waals surface area (Å²) < 4.78 is 0. The van der Waals surface area contributed by atoms with E-state index in [1.807, 2.05) is 12.1 Å². The van der Waals surface area contributed by atoms with E-state index in [0.29, 0.717) is 0 Å². The van der Waals surface area contributed by atoms with Crippen molar-refractivity contribution in [3.8, 4) is 0 Å². The molecule has 0 unspecified atom stereocenters. The van der Waals surface area contributed by atoms with Crippen molar-refractivity contribution in [1.82, 2.24) is 4.90 Å². The lowest BCUT2D eigenvalue weighted by atomic mass is 10.2. The summed E-state index contributed by atoms with van der Waals surface area (Å²) in [6, 6.07) is 6.82. The minimum absolute atomic E-state index is 0.147. The van der Waals surface area contributed by atoms with Crippen molar-refractivity contribution >= 4 is 11.4 Å². The first-order chi connectivity index (χ1) is 9.70. The SMILES string of the molecule is NCCCCN1CCN(c2ccc([N+](=O)[O-])cc2)CC1. The van der Waals surface area contributed by atoms with E-state index in [0.717, 1.165) is 57.8 Å². The van der Waals surface area contributed by atoms with Gasteiger partial charge in [0.05, 0.1) is 4.92 Å². The van der Waals surface area contributed by atoms with Gasteiger partial charge in [-0.3, -0.25) is 15.0 Å². The predicted octanol–water partition coefficient (Wildman–Crippen LogP) is 1.46. The maximum absolute atomic E-state index is 10.6. The number of benzene rings is 1. The molecule has 1 fully saturated rings. The summed E-state index contributed by atoms with van der Waals surface area (Å²) in [7, 11) is 0. The van der Waals surface area contributed by atoms with Crippen molar-refractivity contribution < 1.29 is 4.92 Å². The van der Waals surface area contributed by atoms with E-state index < -0.39 is 0 Å². The molecule has 1 aliphatic heterocycles. The van der Waals surface area contributed by atoms with E-state index in [4.69, 9.17) is 5.73 Å². The summed E-state index contributed by atoms with van der Waals surface area (Å²) in [6.07, 6.45) is 2.25. The Kier molecular flexibility index (Phi) is 5.31. The van der Waals surface area contributed by atoms with Crippen LogP contribution in [-0.4, -0.2) is 49.1 Å². The van der Waals surface area contributed by atoms with E-state index in [9.17, 15) is 10.1 Å². The number of hydrogen-bond acceptors (Lipinski definition) is 5. The number of non-ortho nitro benzene ring substituents is 1. The first-order valence-corrected chi connectivity index (χ1v) is 7.12. The molecule has 2 N–H and O–H groups in total. The number of nitro groups is 1. The van der Waals surface area contributed by atoms with E-state index >= 15 is 0 Å². The van der Waals surface area contributed by atoms with E-state index in [1.54, 1.807) is 12.1 Å². The number of hydrogen-bond donors (Lipinski definition) is 1. The fourth-order valence-electron chi connectivity index (χ4n) is 2.49. The molecule has 1 saturated heterocycles. The third kappa shape index (κ3) is 3.91. The molecular formula is C14H22N4O2.